The number of rotatable bonds is 12. The second-order valence-electron chi connectivity index (χ2n) is 12.0. The van der Waals surface area contributed by atoms with E-state index in [2.05, 4.69) is 0 Å². The van der Waals surface area contributed by atoms with Crippen molar-refractivity contribution >= 4 is 0 Å². The topological polar surface area (TPSA) is 226 Å². The fourth-order valence-electron chi connectivity index (χ4n) is 6.13. The van der Waals surface area contributed by atoms with Crippen molar-refractivity contribution in [3.05, 3.63) is 47.0 Å². The van der Waals surface area contributed by atoms with E-state index in [0.29, 0.717) is 29.9 Å². The van der Waals surface area contributed by atoms with Crippen molar-refractivity contribution in [3.8, 4) is 23.0 Å². The van der Waals surface area contributed by atoms with Crippen molar-refractivity contribution in [2.75, 3.05) is 34.0 Å². The van der Waals surface area contributed by atoms with Crippen LogP contribution in [0.2, 0.25) is 0 Å². The molecule has 0 aliphatic carbocycles. The summed E-state index contributed by atoms with van der Waals surface area (Å²) in [7, 11) is 2.94. The van der Waals surface area contributed by atoms with Crippen molar-refractivity contribution in [1.82, 2.24) is 0 Å². The minimum Gasteiger partial charge on any atom is -0.504 e. The summed E-state index contributed by atoms with van der Waals surface area (Å²) in [5.74, 6) is 0.616. The fourth-order valence-corrected chi connectivity index (χ4v) is 6.13. The molecule has 12 atom stereocenters. The van der Waals surface area contributed by atoms with Crippen LogP contribution >= 0.6 is 0 Å². The standard InChI is InChI=1S/C32H44O15/c1-14-23(35)25(37)27(39)32(45-14)44-13-18-17-9-15(5-4-8-43-31-28(40)26(38)24(36)22(12-33)46-31)10-21(42-3)30(17)47-29(18)16-6-7-19(34)20(11-16)41-2/h6-7,9-11,14,18,22-29,31-40H,4-5,8,12-13H2,1-3H3/t14-,18-,22-,23-,24-,25+,26+,27-,28-,29+,31-,32+/m0/s1. The lowest BCUT2D eigenvalue weighted by Gasteiger charge is -2.39. The number of aryl methyl sites for hydroxylation is 1. The molecule has 3 heterocycles. The third-order valence-electron chi connectivity index (χ3n) is 8.89. The maximum Gasteiger partial charge on any atom is 0.186 e. The number of ether oxygens (including phenoxy) is 7. The first kappa shape index (κ1) is 35.5. The summed E-state index contributed by atoms with van der Waals surface area (Å²) >= 11 is 0. The van der Waals surface area contributed by atoms with Crippen molar-refractivity contribution in [2.45, 2.75) is 93.2 Å². The van der Waals surface area contributed by atoms with Gasteiger partial charge in [0.25, 0.3) is 0 Å². The smallest absolute Gasteiger partial charge is 0.186 e. The summed E-state index contributed by atoms with van der Waals surface area (Å²) in [5, 5.41) is 80.8. The maximum atomic E-state index is 10.6. The molecule has 5 rings (SSSR count). The van der Waals surface area contributed by atoms with Gasteiger partial charge >= 0.3 is 0 Å². The molecule has 0 unspecified atom stereocenters. The Hall–Kier alpha value is -2.80. The molecule has 3 aliphatic heterocycles. The number of phenolic OH excluding ortho intramolecular Hbond substituents is 1. The highest BCUT2D eigenvalue weighted by molar-refractivity contribution is 5.56. The maximum absolute atomic E-state index is 10.6. The van der Waals surface area contributed by atoms with E-state index in [1.807, 2.05) is 12.1 Å². The number of aliphatic hydroxyl groups is 7. The highest BCUT2D eigenvalue weighted by Gasteiger charge is 2.45. The van der Waals surface area contributed by atoms with Gasteiger partial charge in [0.1, 0.15) is 48.8 Å². The van der Waals surface area contributed by atoms with Gasteiger partial charge in [-0.15, -0.1) is 0 Å². The molecule has 47 heavy (non-hydrogen) atoms. The summed E-state index contributed by atoms with van der Waals surface area (Å²) < 4.78 is 40.2. The number of hydrogen-bond acceptors (Lipinski definition) is 15. The second-order valence-corrected chi connectivity index (χ2v) is 12.0. The molecule has 0 spiro atoms. The van der Waals surface area contributed by atoms with E-state index in [1.54, 1.807) is 19.1 Å². The molecule has 0 aromatic heterocycles. The molecular weight excluding hydrogens is 624 g/mol. The van der Waals surface area contributed by atoms with Gasteiger partial charge in [-0.3, -0.25) is 0 Å². The Bertz CT molecular complexity index is 1340. The number of hydrogen-bond donors (Lipinski definition) is 8. The SMILES string of the molecule is COc1cc([C@H]2Oc3c(OC)cc(CCCO[C@H]4O[C@@H](CO)[C@H](O)[C@@H](O)[C@@H]4O)cc3[C@@H]2CO[C@@H]2O[C@@H](C)[C@H](O)[C@@H](O)[C@@H]2O)ccc1O. The Kier molecular flexibility index (Phi) is 11.5. The molecule has 0 radical (unpaired) electrons. The van der Waals surface area contributed by atoms with E-state index in [1.165, 1.54) is 20.3 Å². The fraction of sp³-hybridized carbons (Fsp3) is 0.625. The number of benzene rings is 2. The molecule has 2 aromatic carbocycles. The Morgan fingerprint density at radius 1 is 0.766 bits per heavy atom. The van der Waals surface area contributed by atoms with Gasteiger partial charge in [0.15, 0.2) is 35.6 Å². The Labute approximate surface area is 271 Å². The van der Waals surface area contributed by atoms with Crippen LogP contribution in [0.25, 0.3) is 0 Å². The summed E-state index contributed by atoms with van der Waals surface area (Å²) in [6.07, 6.45) is -12.8. The third-order valence-corrected chi connectivity index (χ3v) is 8.89. The Morgan fingerprint density at radius 3 is 2.13 bits per heavy atom. The zero-order chi connectivity index (χ0) is 34.0. The van der Waals surface area contributed by atoms with Crippen LogP contribution < -0.4 is 14.2 Å². The van der Waals surface area contributed by atoms with Crippen molar-refractivity contribution in [3.63, 3.8) is 0 Å². The van der Waals surface area contributed by atoms with E-state index in [-0.39, 0.29) is 24.7 Å². The van der Waals surface area contributed by atoms with Crippen LogP contribution in [0.15, 0.2) is 30.3 Å². The van der Waals surface area contributed by atoms with Crippen LogP contribution in [-0.4, -0.2) is 136 Å². The number of aliphatic hydroxyl groups excluding tert-OH is 7. The number of fused-ring (bicyclic) bond motifs is 1. The average molecular weight is 669 g/mol. The average Bonchev–Trinajstić information content (AvgIpc) is 3.44. The zero-order valence-electron chi connectivity index (χ0n) is 26.3. The molecule has 2 saturated heterocycles. The molecule has 0 saturated carbocycles. The Balaban J connectivity index is 1.35. The predicted octanol–water partition coefficient (Wildman–Crippen LogP) is -0.780. The van der Waals surface area contributed by atoms with E-state index < -0.39 is 80.0 Å². The first-order valence-corrected chi connectivity index (χ1v) is 15.5. The molecule has 15 heteroatoms. The summed E-state index contributed by atoms with van der Waals surface area (Å²) in [4.78, 5) is 0. The van der Waals surface area contributed by atoms with Gasteiger partial charge < -0.3 is 74.0 Å². The van der Waals surface area contributed by atoms with Crippen LogP contribution in [-0.2, 0) is 25.4 Å². The van der Waals surface area contributed by atoms with Gasteiger partial charge in [0, 0.05) is 5.56 Å². The highest BCUT2D eigenvalue weighted by atomic mass is 16.7. The molecule has 262 valence electrons. The minimum absolute atomic E-state index is 0.0368. The zero-order valence-corrected chi connectivity index (χ0v) is 26.3. The van der Waals surface area contributed by atoms with Crippen molar-refractivity contribution in [1.29, 1.82) is 0 Å². The van der Waals surface area contributed by atoms with E-state index >= 15 is 0 Å². The lowest BCUT2D eigenvalue weighted by molar-refractivity contribution is -0.301. The molecule has 0 bridgehead atoms. The normalized spacial score (nSPS) is 35.3. The molecule has 3 aliphatic rings. The minimum atomic E-state index is -1.54. The van der Waals surface area contributed by atoms with Gasteiger partial charge in [0.05, 0.1) is 46.1 Å². The largest absolute Gasteiger partial charge is 0.504 e. The first-order chi connectivity index (χ1) is 22.5. The first-order valence-electron chi connectivity index (χ1n) is 15.5. The monoisotopic (exact) mass is 668 g/mol. The molecule has 15 nitrogen and oxygen atoms in total. The van der Waals surface area contributed by atoms with Crippen LogP contribution in [0, 0.1) is 0 Å². The molecule has 2 aromatic rings. The van der Waals surface area contributed by atoms with Gasteiger partial charge in [-0.25, -0.2) is 0 Å². The molecule has 8 N–H and O–H groups in total. The van der Waals surface area contributed by atoms with Crippen molar-refractivity contribution < 1.29 is 74.0 Å². The van der Waals surface area contributed by atoms with Gasteiger partial charge in [-0.05, 0) is 49.1 Å². The lowest BCUT2D eigenvalue weighted by atomic mass is 9.90. The number of phenols is 1. The molecule has 2 fully saturated rings. The van der Waals surface area contributed by atoms with Crippen LogP contribution in [0.5, 0.6) is 23.0 Å². The highest BCUT2D eigenvalue weighted by Crippen LogP contribution is 2.52. The molecular formula is C32H44O15. The Morgan fingerprint density at radius 2 is 1.45 bits per heavy atom. The quantitative estimate of drug-likeness (QED) is 0.130. The van der Waals surface area contributed by atoms with E-state index in [9.17, 15) is 40.9 Å². The number of methoxy groups -OCH3 is 2. The summed E-state index contributed by atoms with van der Waals surface area (Å²) in [5.41, 5.74) is 2.23. The molecule has 0 amide bonds. The van der Waals surface area contributed by atoms with Crippen LogP contribution in [0.3, 0.4) is 0 Å². The van der Waals surface area contributed by atoms with Gasteiger partial charge in [-0.2, -0.15) is 0 Å². The van der Waals surface area contributed by atoms with Crippen molar-refractivity contribution in [2.24, 2.45) is 0 Å². The summed E-state index contributed by atoms with van der Waals surface area (Å²) in [6.45, 7) is 1.08. The number of aromatic hydroxyl groups is 1. The predicted molar refractivity (Wildman–Crippen MR) is 160 cm³/mol. The third kappa shape index (κ3) is 7.30. The van der Waals surface area contributed by atoms with Gasteiger partial charge in [0.2, 0.25) is 0 Å². The summed E-state index contributed by atoms with van der Waals surface area (Å²) in [6, 6.07) is 8.58. The van der Waals surface area contributed by atoms with E-state index in [4.69, 9.17) is 33.2 Å². The van der Waals surface area contributed by atoms with Gasteiger partial charge in [-0.1, -0.05) is 12.1 Å². The van der Waals surface area contributed by atoms with Crippen LogP contribution in [0.4, 0.5) is 0 Å². The van der Waals surface area contributed by atoms with E-state index in [0.717, 1.165) is 11.1 Å². The second kappa shape index (κ2) is 15.2. The lowest BCUT2D eigenvalue weighted by Crippen LogP contribution is -2.59. The van der Waals surface area contributed by atoms with Crippen LogP contribution in [0.1, 0.15) is 42.1 Å².